The molecule has 10 atom stereocenters. The van der Waals surface area contributed by atoms with E-state index in [1.807, 2.05) is 18.2 Å². The smallest absolute Gasteiger partial charge is 0.312 e. The molecule has 0 aliphatic carbocycles. The average Bonchev–Trinajstić information content (AvgIpc) is 3.78. The van der Waals surface area contributed by atoms with Gasteiger partial charge in [-0.15, -0.1) is 0 Å². The van der Waals surface area contributed by atoms with E-state index >= 15 is 0 Å². The van der Waals surface area contributed by atoms with Gasteiger partial charge in [0, 0.05) is 80.8 Å². The molecule has 1 amide bonds. The number of methoxy groups -OCH3 is 1. The van der Waals surface area contributed by atoms with E-state index in [0.717, 1.165) is 12.1 Å². The number of esters is 1. The van der Waals surface area contributed by atoms with Gasteiger partial charge in [-0.2, -0.15) is 0 Å². The first kappa shape index (κ1) is 46.4. The number of allylic oxidation sites excluding steroid dienone is 2. The van der Waals surface area contributed by atoms with Crippen molar-refractivity contribution in [2.24, 2.45) is 33.7 Å². The highest BCUT2D eigenvalue weighted by Crippen LogP contribution is 2.51. The summed E-state index contributed by atoms with van der Waals surface area (Å²) in [4.78, 5) is 52.9. The molecule has 7 rings (SSSR count). The van der Waals surface area contributed by atoms with Crippen LogP contribution in [-0.2, 0) is 30.3 Å². The summed E-state index contributed by atoms with van der Waals surface area (Å²) in [7, 11) is 1.47. The number of ether oxygens (including phenoxy) is 4. The lowest BCUT2D eigenvalue weighted by atomic mass is 9.78. The van der Waals surface area contributed by atoms with Gasteiger partial charge in [0.05, 0.1) is 53.3 Å². The predicted molar refractivity (Wildman–Crippen MR) is 238 cm³/mol. The monoisotopic (exact) mass is 880 g/mol. The van der Waals surface area contributed by atoms with E-state index in [1.165, 1.54) is 33.3 Å². The number of ketones is 1. The zero-order chi connectivity index (χ0) is 46.4. The number of phenols is 2. The molecule has 0 radical (unpaired) electrons. The van der Waals surface area contributed by atoms with Crippen LogP contribution in [0, 0.1) is 30.6 Å². The minimum atomic E-state index is -1.97. The second-order valence-corrected chi connectivity index (χ2v) is 18.2. The van der Waals surface area contributed by atoms with Crippen molar-refractivity contribution < 1.29 is 53.8 Å². The van der Waals surface area contributed by atoms with E-state index in [4.69, 9.17) is 23.9 Å². The maximum absolute atomic E-state index is 14.9. The van der Waals surface area contributed by atoms with Crippen molar-refractivity contribution in [1.29, 1.82) is 0 Å². The zero-order valence-corrected chi connectivity index (χ0v) is 37.9. The fourth-order valence-electron chi connectivity index (χ4n) is 9.65. The van der Waals surface area contributed by atoms with E-state index in [2.05, 4.69) is 27.3 Å². The number of benzene rings is 3. The second kappa shape index (κ2) is 18.1. The highest BCUT2D eigenvalue weighted by Gasteiger charge is 2.50. The number of carbonyl (C=O) groups is 3. The van der Waals surface area contributed by atoms with Crippen molar-refractivity contribution in [2.75, 3.05) is 32.1 Å². The number of likely N-dealkylation sites (tertiary alicyclic amines) is 1. The maximum atomic E-state index is 14.9. The maximum Gasteiger partial charge on any atom is 0.312 e. The van der Waals surface area contributed by atoms with Crippen LogP contribution < -0.4 is 20.8 Å². The minimum Gasteiger partial charge on any atom is -0.507 e. The number of nitrogens with one attached hydrogen (secondary N) is 1. The molecular formula is C49H60N4O11. The van der Waals surface area contributed by atoms with Crippen molar-refractivity contribution in [3.05, 3.63) is 93.9 Å². The third-order valence-corrected chi connectivity index (χ3v) is 13.5. The van der Waals surface area contributed by atoms with E-state index in [0.29, 0.717) is 25.2 Å². The van der Waals surface area contributed by atoms with Crippen LogP contribution in [0.5, 0.6) is 17.2 Å². The Morgan fingerprint density at radius 2 is 1.69 bits per heavy atom. The van der Waals surface area contributed by atoms with Gasteiger partial charge >= 0.3 is 11.8 Å². The first-order valence-corrected chi connectivity index (χ1v) is 21.9. The van der Waals surface area contributed by atoms with Crippen molar-refractivity contribution in [1.82, 2.24) is 4.90 Å². The number of phenolic OH excluding ortho intramolecular Hbond substituents is 2. The molecular weight excluding hydrogens is 821 g/mol. The number of hydrogen-bond acceptors (Lipinski definition) is 14. The molecule has 64 heavy (non-hydrogen) atoms. The Balaban J connectivity index is 1.40. The summed E-state index contributed by atoms with van der Waals surface area (Å²) < 4.78 is 24.1. The Bertz CT molecular complexity index is 2560. The molecule has 4 heterocycles. The fourth-order valence-corrected chi connectivity index (χ4v) is 9.65. The Labute approximate surface area is 372 Å². The molecule has 5 N–H and O–H groups in total. The van der Waals surface area contributed by atoms with Crippen molar-refractivity contribution in [2.45, 2.75) is 104 Å². The molecule has 15 nitrogen and oxygen atoms in total. The lowest BCUT2D eigenvalue weighted by molar-refractivity contribution is -0.160. The van der Waals surface area contributed by atoms with Gasteiger partial charge in [0.1, 0.15) is 28.3 Å². The van der Waals surface area contributed by atoms with Crippen LogP contribution in [0.15, 0.2) is 76.5 Å². The summed E-state index contributed by atoms with van der Waals surface area (Å²) in [6.07, 6.45) is 4.55. The van der Waals surface area contributed by atoms with E-state index in [-0.39, 0.29) is 56.2 Å². The largest absolute Gasteiger partial charge is 0.507 e. The number of aromatic hydroxyl groups is 2. The molecule has 3 aromatic carbocycles. The Morgan fingerprint density at radius 1 is 0.969 bits per heavy atom. The van der Waals surface area contributed by atoms with Gasteiger partial charge in [0.25, 0.3) is 11.7 Å². The number of hydrogen-bond donors (Lipinski definition) is 5. The number of anilines is 1. The highest BCUT2D eigenvalue weighted by molar-refractivity contribution is 6.21. The quantitative estimate of drug-likeness (QED) is 0.174. The SMILES string of the molecule is CO[C@H]1/C=C/O[C@@]2(C)Oc3c(C)c(O)c4c(O)c(c5c(c4c3C2=O)NC2(CCN(Cc3ccccc3)C2)CN=5)=NC(=O)/C(C)=C\C=C\[C@H](C)[C@H](O)[C@@H](C)[C@@H](O)[C@@H](C)[C@H](OC(C)=O)[C@@H]1C. The number of carbonyl (C=O) groups excluding carboxylic acids is 3. The molecule has 3 aromatic rings. The highest BCUT2D eigenvalue weighted by atomic mass is 16.7. The van der Waals surface area contributed by atoms with Gasteiger partial charge in [0.2, 0.25) is 0 Å². The molecule has 4 aliphatic rings. The predicted octanol–water partition coefficient (Wildman–Crippen LogP) is 4.95. The van der Waals surface area contributed by atoms with E-state index in [1.54, 1.807) is 59.8 Å². The number of Topliss-reactive ketones (excluding diaryl/α,β-unsaturated/α-hetero) is 1. The third-order valence-electron chi connectivity index (χ3n) is 13.5. The number of amides is 1. The van der Waals surface area contributed by atoms with Crippen LogP contribution in [0.3, 0.4) is 0 Å². The normalized spacial score (nSPS) is 33.0. The number of aliphatic hydroxyl groups is 2. The topological polar surface area (TPSA) is 209 Å². The molecule has 15 heteroatoms. The standard InChI is InChI=1S/C49H60N4O11/c1-25-14-13-15-26(2)47(60)51-39-38-37(52-49(23-50-38)19-20-53(24-49)22-32-16-11-10-12-17-32)34-35(43(39)58)42(57)30(6)45-36(34)46(59)48(8,64-45)62-21-18-33(61-9)27(3)44(63-31(7)54)29(5)41(56)28(4)40(25)55/h10-18,21,25,27-29,33,40-41,44,52,55-58H,19-20,22-24H2,1-9H3/b14-13+,21-18+,26-15-,51-39?/t25-,27+,28+,29+,33-,40-,41+,44+,48-,49?/m0/s1. The van der Waals surface area contributed by atoms with Crippen molar-refractivity contribution in [3.63, 3.8) is 0 Å². The summed E-state index contributed by atoms with van der Waals surface area (Å²) in [6, 6.07) is 10.1. The van der Waals surface area contributed by atoms with E-state index < -0.39 is 82.8 Å². The summed E-state index contributed by atoms with van der Waals surface area (Å²) in [5.74, 6) is -7.14. The Kier molecular flexibility index (Phi) is 13.1. The second-order valence-electron chi connectivity index (χ2n) is 18.2. The van der Waals surface area contributed by atoms with E-state index in [9.17, 15) is 34.8 Å². The van der Waals surface area contributed by atoms with Gasteiger partial charge in [-0.3, -0.25) is 24.3 Å². The molecule has 4 bridgehead atoms. The first-order chi connectivity index (χ1) is 30.3. The lowest BCUT2D eigenvalue weighted by Crippen LogP contribution is -2.51. The molecule has 4 aliphatic heterocycles. The third kappa shape index (κ3) is 8.53. The van der Waals surface area contributed by atoms with Gasteiger partial charge in [-0.1, -0.05) is 76.3 Å². The number of nitrogens with zero attached hydrogens (tertiary/aromatic N) is 3. The molecule has 1 saturated heterocycles. The first-order valence-electron chi connectivity index (χ1n) is 21.9. The minimum absolute atomic E-state index is 0.0417. The van der Waals surface area contributed by atoms with Crippen molar-refractivity contribution in [3.8, 4) is 17.2 Å². The van der Waals surface area contributed by atoms with Crippen LogP contribution in [0.25, 0.3) is 10.8 Å². The van der Waals surface area contributed by atoms with Gasteiger partial charge < -0.3 is 44.7 Å². The van der Waals surface area contributed by atoms with Crippen LogP contribution in [0.2, 0.25) is 0 Å². The number of aliphatic hydroxyl groups excluding tert-OH is 2. The summed E-state index contributed by atoms with van der Waals surface area (Å²) in [6.45, 7) is 15.2. The fraction of sp³-hybridized carbons (Fsp3) is 0.490. The molecule has 0 saturated carbocycles. The molecule has 1 spiro atoms. The molecule has 342 valence electrons. The lowest BCUT2D eigenvalue weighted by Gasteiger charge is -2.38. The average molecular weight is 881 g/mol. The molecule has 1 unspecified atom stereocenters. The van der Waals surface area contributed by atoms with Gasteiger partial charge in [-0.05, 0) is 31.9 Å². The molecule has 0 aromatic heterocycles. The van der Waals surface area contributed by atoms with Gasteiger partial charge in [0.15, 0.2) is 5.75 Å². The number of rotatable bonds is 4. The number of fused-ring (bicyclic) bond motifs is 1. The van der Waals surface area contributed by atoms with Crippen molar-refractivity contribution >= 4 is 34.1 Å². The van der Waals surface area contributed by atoms with Crippen LogP contribution in [-0.4, -0.2) is 105 Å². The van der Waals surface area contributed by atoms with Crippen LogP contribution >= 0.6 is 0 Å². The Hall–Kier alpha value is -5.61. The Morgan fingerprint density at radius 3 is 2.38 bits per heavy atom. The van der Waals surface area contributed by atoms with Crippen LogP contribution in [0.4, 0.5) is 5.69 Å². The molecule has 1 fully saturated rings. The van der Waals surface area contributed by atoms with Crippen LogP contribution in [0.1, 0.15) is 76.4 Å². The van der Waals surface area contributed by atoms with Gasteiger partial charge in [-0.25, -0.2) is 4.99 Å². The summed E-state index contributed by atoms with van der Waals surface area (Å²) in [5, 5.41) is 50.8. The summed E-state index contributed by atoms with van der Waals surface area (Å²) >= 11 is 0. The zero-order valence-electron chi connectivity index (χ0n) is 37.9. The summed E-state index contributed by atoms with van der Waals surface area (Å²) in [5.41, 5.74) is 1.23.